The number of amides is 1. The van der Waals surface area contributed by atoms with E-state index in [4.69, 9.17) is 0 Å². The molecule has 0 aliphatic carbocycles. The lowest BCUT2D eigenvalue weighted by Crippen LogP contribution is -2.38. The quantitative estimate of drug-likeness (QED) is 0.738. The molecule has 2 rings (SSSR count). The van der Waals surface area contributed by atoms with Gasteiger partial charge in [-0.2, -0.15) is 0 Å². The number of para-hydroxylation sites is 2. The van der Waals surface area contributed by atoms with Gasteiger partial charge in [-0.15, -0.1) is 0 Å². The molecule has 2 aromatic rings. The van der Waals surface area contributed by atoms with Crippen LogP contribution in [0.4, 0.5) is 0 Å². The SMILES string of the molecule is CC(=O)NCCn1c(=O)c(=O)[nH]c2ccccc21. The summed E-state index contributed by atoms with van der Waals surface area (Å²) in [6.07, 6.45) is 0. The summed E-state index contributed by atoms with van der Waals surface area (Å²) in [7, 11) is 0. The second-order valence-corrected chi connectivity index (χ2v) is 3.91. The van der Waals surface area contributed by atoms with E-state index < -0.39 is 11.1 Å². The molecule has 0 atom stereocenters. The fraction of sp³-hybridized carbons (Fsp3) is 0.250. The summed E-state index contributed by atoms with van der Waals surface area (Å²) in [6.45, 7) is 1.98. The van der Waals surface area contributed by atoms with Crippen molar-refractivity contribution in [3.05, 3.63) is 45.0 Å². The summed E-state index contributed by atoms with van der Waals surface area (Å²) in [5.41, 5.74) is -0.0204. The number of aromatic amines is 1. The van der Waals surface area contributed by atoms with E-state index in [-0.39, 0.29) is 12.5 Å². The van der Waals surface area contributed by atoms with Gasteiger partial charge < -0.3 is 14.9 Å². The second-order valence-electron chi connectivity index (χ2n) is 3.91. The van der Waals surface area contributed by atoms with Gasteiger partial charge in [0.25, 0.3) is 0 Å². The zero-order chi connectivity index (χ0) is 13.1. The molecule has 2 N–H and O–H groups in total. The van der Waals surface area contributed by atoms with Crippen LogP contribution in [0.1, 0.15) is 6.92 Å². The van der Waals surface area contributed by atoms with Crippen LogP contribution in [-0.2, 0) is 11.3 Å². The molecular formula is C12H13N3O3. The van der Waals surface area contributed by atoms with Gasteiger partial charge in [-0.05, 0) is 12.1 Å². The molecule has 0 unspecified atom stereocenters. The first-order valence-corrected chi connectivity index (χ1v) is 5.56. The molecule has 0 saturated heterocycles. The van der Waals surface area contributed by atoms with Gasteiger partial charge in [0, 0.05) is 20.0 Å². The van der Waals surface area contributed by atoms with Crippen molar-refractivity contribution in [1.29, 1.82) is 0 Å². The van der Waals surface area contributed by atoms with Crippen molar-refractivity contribution in [2.45, 2.75) is 13.5 Å². The maximum absolute atomic E-state index is 11.8. The van der Waals surface area contributed by atoms with Gasteiger partial charge in [-0.3, -0.25) is 14.4 Å². The van der Waals surface area contributed by atoms with Crippen LogP contribution >= 0.6 is 0 Å². The lowest BCUT2D eigenvalue weighted by Gasteiger charge is -2.09. The van der Waals surface area contributed by atoms with Crippen LogP contribution in [0, 0.1) is 0 Å². The molecule has 0 saturated carbocycles. The standard InChI is InChI=1S/C12H13N3O3/c1-8(16)13-6-7-15-10-5-3-2-4-9(10)14-11(17)12(15)18/h2-5H,6-7H2,1H3,(H,13,16)(H,14,17). The summed E-state index contributed by atoms with van der Waals surface area (Å²) in [4.78, 5) is 36.5. The predicted octanol–water partition coefficient (Wildman–Crippen LogP) is -0.174. The van der Waals surface area contributed by atoms with Gasteiger partial charge in [-0.1, -0.05) is 12.1 Å². The Hall–Kier alpha value is -2.37. The second kappa shape index (κ2) is 4.87. The number of benzene rings is 1. The molecule has 18 heavy (non-hydrogen) atoms. The van der Waals surface area contributed by atoms with Gasteiger partial charge in [-0.25, -0.2) is 0 Å². The monoisotopic (exact) mass is 247 g/mol. The minimum Gasteiger partial charge on any atom is -0.355 e. The zero-order valence-corrected chi connectivity index (χ0v) is 9.90. The Morgan fingerprint density at radius 3 is 2.78 bits per heavy atom. The topological polar surface area (TPSA) is 84.0 Å². The van der Waals surface area contributed by atoms with Gasteiger partial charge in [0.05, 0.1) is 11.0 Å². The van der Waals surface area contributed by atoms with E-state index in [2.05, 4.69) is 10.3 Å². The van der Waals surface area contributed by atoms with E-state index in [9.17, 15) is 14.4 Å². The Balaban J connectivity index is 2.47. The van der Waals surface area contributed by atoms with Gasteiger partial charge in [0.1, 0.15) is 0 Å². The lowest BCUT2D eigenvalue weighted by molar-refractivity contribution is -0.118. The highest BCUT2D eigenvalue weighted by Crippen LogP contribution is 2.06. The van der Waals surface area contributed by atoms with Crippen molar-refractivity contribution in [3.8, 4) is 0 Å². The molecule has 1 amide bonds. The number of nitrogens with one attached hydrogen (secondary N) is 2. The zero-order valence-electron chi connectivity index (χ0n) is 9.90. The number of carbonyl (C=O) groups is 1. The van der Waals surface area contributed by atoms with Gasteiger partial charge >= 0.3 is 11.1 Å². The molecule has 94 valence electrons. The van der Waals surface area contributed by atoms with Crippen molar-refractivity contribution >= 4 is 16.9 Å². The molecule has 0 aliphatic heterocycles. The molecule has 0 aliphatic rings. The smallest absolute Gasteiger partial charge is 0.316 e. The molecule has 6 nitrogen and oxygen atoms in total. The van der Waals surface area contributed by atoms with Crippen molar-refractivity contribution in [1.82, 2.24) is 14.9 Å². The van der Waals surface area contributed by atoms with Crippen molar-refractivity contribution in [2.24, 2.45) is 0 Å². The van der Waals surface area contributed by atoms with Crippen LogP contribution in [0.3, 0.4) is 0 Å². The van der Waals surface area contributed by atoms with Gasteiger partial charge in [0.2, 0.25) is 5.91 Å². The minimum atomic E-state index is -0.656. The van der Waals surface area contributed by atoms with E-state index in [1.165, 1.54) is 11.5 Å². The molecular weight excluding hydrogens is 234 g/mol. The Morgan fingerprint density at radius 1 is 1.33 bits per heavy atom. The number of nitrogens with zero attached hydrogens (tertiary/aromatic N) is 1. The fourth-order valence-electron chi connectivity index (χ4n) is 1.79. The predicted molar refractivity (Wildman–Crippen MR) is 67.5 cm³/mol. The third-order valence-electron chi connectivity index (χ3n) is 2.59. The molecule has 6 heteroatoms. The van der Waals surface area contributed by atoms with E-state index in [0.717, 1.165) is 0 Å². The fourth-order valence-corrected chi connectivity index (χ4v) is 1.79. The van der Waals surface area contributed by atoms with Crippen LogP contribution in [0.5, 0.6) is 0 Å². The van der Waals surface area contributed by atoms with Crippen molar-refractivity contribution in [3.63, 3.8) is 0 Å². The molecule has 0 bridgehead atoms. The molecule has 0 radical (unpaired) electrons. The highest BCUT2D eigenvalue weighted by Gasteiger charge is 2.06. The molecule has 0 fully saturated rings. The summed E-state index contributed by atoms with van der Waals surface area (Å²) < 4.78 is 1.37. The number of hydrogen-bond acceptors (Lipinski definition) is 3. The maximum Gasteiger partial charge on any atom is 0.316 e. The summed E-state index contributed by atoms with van der Waals surface area (Å²) in [6, 6.07) is 7.04. The first-order chi connectivity index (χ1) is 8.59. The third-order valence-corrected chi connectivity index (χ3v) is 2.59. The average Bonchev–Trinajstić information content (AvgIpc) is 2.33. The lowest BCUT2D eigenvalue weighted by atomic mass is 10.3. The minimum absolute atomic E-state index is 0.169. The number of hydrogen-bond donors (Lipinski definition) is 2. The van der Waals surface area contributed by atoms with Crippen molar-refractivity contribution in [2.75, 3.05) is 6.54 Å². The van der Waals surface area contributed by atoms with Crippen LogP contribution in [0.25, 0.3) is 11.0 Å². The largest absolute Gasteiger partial charge is 0.355 e. The van der Waals surface area contributed by atoms with E-state index in [1.807, 2.05) is 0 Å². The van der Waals surface area contributed by atoms with E-state index >= 15 is 0 Å². The van der Waals surface area contributed by atoms with Crippen LogP contribution < -0.4 is 16.4 Å². The number of rotatable bonds is 3. The van der Waals surface area contributed by atoms with Crippen LogP contribution in [0.15, 0.2) is 33.9 Å². The number of fused-ring (bicyclic) bond motifs is 1. The Labute approximate surface area is 102 Å². The molecule has 1 aromatic carbocycles. The summed E-state index contributed by atoms with van der Waals surface area (Å²) >= 11 is 0. The average molecular weight is 247 g/mol. The normalized spacial score (nSPS) is 10.5. The Bertz CT molecular complexity index is 700. The van der Waals surface area contributed by atoms with Gasteiger partial charge in [0.15, 0.2) is 0 Å². The maximum atomic E-state index is 11.8. The number of carbonyl (C=O) groups excluding carboxylic acids is 1. The number of aromatic nitrogens is 2. The van der Waals surface area contributed by atoms with Crippen LogP contribution in [-0.4, -0.2) is 22.0 Å². The molecule has 1 aromatic heterocycles. The molecule has 0 spiro atoms. The summed E-state index contributed by atoms with van der Waals surface area (Å²) in [5, 5.41) is 2.59. The van der Waals surface area contributed by atoms with E-state index in [1.54, 1.807) is 24.3 Å². The number of H-pyrrole nitrogens is 1. The Morgan fingerprint density at radius 2 is 2.06 bits per heavy atom. The van der Waals surface area contributed by atoms with Crippen molar-refractivity contribution < 1.29 is 4.79 Å². The molecule has 1 heterocycles. The first-order valence-electron chi connectivity index (χ1n) is 5.56. The highest BCUT2D eigenvalue weighted by atomic mass is 16.2. The third kappa shape index (κ3) is 2.32. The summed E-state index contributed by atoms with van der Waals surface area (Å²) in [5.74, 6) is -0.169. The van der Waals surface area contributed by atoms with E-state index in [0.29, 0.717) is 17.6 Å². The van der Waals surface area contributed by atoms with Crippen LogP contribution in [0.2, 0.25) is 0 Å². The highest BCUT2D eigenvalue weighted by molar-refractivity contribution is 5.74. The Kier molecular flexibility index (Phi) is 3.27. The first kappa shape index (κ1) is 12.1.